The molecule has 2 heterocycles. The molecule has 0 radical (unpaired) electrons. The van der Waals surface area contributed by atoms with Crippen LogP contribution in [-0.2, 0) is 11.3 Å². The smallest absolute Gasteiger partial charge is 0.338 e. The van der Waals surface area contributed by atoms with E-state index >= 15 is 0 Å². The van der Waals surface area contributed by atoms with Crippen molar-refractivity contribution in [2.24, 2.45) is 0 Å². The molecule has 4 rings (SSSR count). The molecule has 0 aliphatic heterocycles. The maximum Gasteiger partial charge on any atom is 0.338 e. The number of fused-ring (bicyclic) bond motifs is 2. The van der Waals surface area contributed by atoms with Gasteiger partial charge in [-0.2, -0.15) is 0 Å². The van der Waals surface area contributed by atoms with Crippen LogP contribution in [0.25, 0.3) is 15.7 Å². The fraction of sp³-hybridized carbons (Fsp3) is 0.0556. The van der Waals surface area contributed by atoms with Gasteiger partial charge in [0.15, 0.2) is 4.96 Å². The minimum Gasteiger partial charge on any atom is -0.456 e. The van der Waals surface area contributed by atoms with Crippen molar-refractivity contribution in [3.8, 4) is 0 Å². The molecular formula is C18H12N2O3S. The van der Waals surface area contributed by atoms with E-state index in [-0.39, 0.29) is 12.2 Å². The van der Waals surface area contributed by atoms with Crippen LogP contribution in [-0.4, -0.2) is 15.4 Å². The second-order valence-corrected chi connectivity index (χ2v) is 6.15. The molecule has 24 heavy (non-hydrogen) atoms. The first-order valence-corrected chi connectivity index (χ1v) is 8.20. The molecule has 2 aromatic carbocycles. The summed E-state index contributed by atoms with van der Waals surface area (Å²) in [4.78, 5) is 29.0. The first-order chi connectivity index (χ1) is 11.7. The molecule has 0 bridgehead atoms. The van der Waals surface area contributed by atoms with Gasteiger partial charge < -0.3 is 4.74 Å². The van der Waals surface area contributed by atoms with Gasteiger partial charge in [-0.15, -0.1) is 11.3 Å². The minimum atomic E-state index is -0.436. The van der Waals surface area contributed by atoms with E-state index in [1.54, 1.807) is 23.7 Å². The van der Waals surface area contributed by atoms with Crippen LogP contribution in [0.5, 0.6) is 0 Å². The monoisotopic (exact) mass is 336 g/mol. The maximum absolute atomic E-state index is 12.2. The van der Waals surface area contributed by atoms with Crippen LogP contribution in [0.4, 0.5) is 0 Å². The lowest BCUT2D eigenvalue weighted by molar-refractivity contribution is 0.0468. The van der Waals surface area contributed by atoms with E-state index in [0.717, 1.165) is 10.8 Å². The van der Waals surface area contributed by atoms with Crippen LogP contribution in [0.3, 0.4) is 0 Å². The fourth-order valence-electron chi connectivity index (χ4n) is 2.50. The van der Waals surface area contributed by atoms with Gasteiger partial charge in [0.1, 0.15) is 6.61 Å². The highest BCUT2D eigenvalue weighted by molar-refractivity contribution is 7.15. The molecule has 4 aromatic rings. The number of esters is 1. The molecule has 0 unspecified atom stereocenters. The van der Waals surface area contributed by atoms with Crippen molar-refractivity contribution in [3.63, 3.8) is 0 Å². The number of rotatable bonds is 3. The van der Waals surface area contributed by atoms with E-state index in [2.05, 4.69) is 4.98 Å². The molecule has 0 amide bonds. The van der Waals surface area contributed by atoms with Crippen molar-refractivity contribution < 1.29 is 9.53 Å². The molecule has 0 aliphatic rings. The quantitative estimate of drug-likeness (QED) is 0.539. The van der Waals surface area contributed by atoms with E-state index < -0.39 is 5.97 Å². The van der Waals surface area contributed by atoms with Crippen LogP contribution in [0.15, 0.2) is 64.9 Å². The van der Waals surface area contributed by atoms with Gasteiger partial charge in [-0.25, -0.2) is 9.78 Å². The predicted molar refractivity (Wildman–Crippen MR) is 92.4 cm³/mol. The van der Waals surface area contributed by atoms with Crippen molar-refractivity contribution in [3.05, 3.63) is 81.7 Å². The summed E-state index contributed by atoms with van der Waals surface area (Å²) in [5.41, 5.74) is 0.734. The third-order valence-electron chi connectivity index (χ3n) is 3.69. The molecule has 0 N–H and O–H groups in total. The van der Waals surface area contributed by atoms with Crippen molar-refractivity contribution in [1.29, 1.82) is 0 Å². The highest BCUT2D eigenvalue weighted by atomic mass is 32.1. The van der Waals surface area contributed by atoms with Crippen LogP contribution in [0.2, 0.25) is 0 Å². The van der Waals surface area contributed by atoms with Gasteiger partial charge in [-0.1, -0.05) is 30.3 Å². The second kappa shape index (κ2) is 5.90. The molecule has 118 valence electrons. The number of aromatic nitrogens is 2. The Balaban J connectivity index is 1.55. The number of benzene rings is 2. The second-order valence-electron chi connectivity index (χ2n) is 5.28. The van der Waals surface area contributed by atoms with Gasteiger partial charge in [0.25, 0.3) is 5.56 Å². The maximum atomic E-state index is 12.2. The predicted octanol–water partition coefficient (Wildman–Crippen LogP) is 3.27. The van der Waals surface area contributed by atoms with Gasteiger partial charge in [0.2, 0.25) is 0 Å². The molecular weight excluding hydrogens is 324 g/mol. The van der Waals surface area contributed by atoms with Gasteiger partial charge in [-0.3, -0.25) is 9.20 Å². The summed E-state index contributed by atoms with van der Waals surface area (Å²) in [7, 11) is 0. The Kier molecular flexibility index (Phi) is 3.59. The Morgan fingerprint density at radius 2 is 1.96 bits per heavy atom. The zero-order valence-corrected chi connectivity index (χ0v) is 13.3. The number of nitrogens with zero attached hydrogens (tertiary/aromatic N) is 2. The molecule has 0 saturated carbocycles. The zero-order valence-electron chi connectivity index (χ0n) is 12.5. The van der Waals surface area contributed by atoms with Crippen molar-refractivity contribution in [1.82, 2.24) is 9.38 Å². The Labute approximate surface area is 140 Å². The Hall–Kier alpha value is -2.99. The molecule has 5 nitrogen and oxygen atoms in total. The van der Waals surface area contributed by atoms with Crippen molar-refractivity contribution in [2.75, 3.05) is 0 Å². The van der Waals surface area contributed by atoms with Crippen LogP contribution >= 0.6 is 11.3 Å². The Bertz CT molecular complexity index is 1110. The van der Waals surface area contributed by atoms with Crippen molar-refractivity contribution in [2.45, 2.75) is 6.61 Å². The van der Waals surface area contributed by atoms with E-state index in [1.165, 1.54) is 21.8 Å². The molecule has 0 spiro atoms. The van der Waals surface area contributed by atoms with Crippen LogP contribution < -0.4 is 5.56 Å². The standard InChI is InChI=1S/C18H12N2O3S/c21-16-10-15(19-18-20(16)7-8-24-18)11-23-17(22)14-6-5-12-3-1-2-4-13(12)9-14/h1-10H,11H2. The molecule has 2 aromatic heterocycles. The van der Waals surface area contributed by atoms with E-state index in [1.807, 2.05) is 30.3 Å². The SMILES string of the molecule is O=C(OCc1cc(=O)n2ccsc2n1)c1ccc2ccccc2c1. The number of hydrogen-bond acceptors (Lipinski definition) is 5. The Morgan fingerprint density at radius 1 is 1.12 bits per heavy atom. The molecule has 0 atom stereocenters. The highest BCUT2D eigenvalue weighted by Crippen LogP contribution is 2.16. The summed E-state index contributed by atoms with van der Waals surface area (Å²) in [6.07, 6.45) is 1.67. The average molecular weight is 336 g/mol. The molecule has 6 heteroatoms. The van der Waals surface area contributed by atoms with Crippen molar-refractivity contribution >= 4 is 33.0 Å². The first-order valence-electron chi connectivity index (χ1n) is 7.32. The van der Waals surface area contributed by atoms with Gasteiger partial charge in [0, 0.05) is 17.6 Å². The summed E-state index contributed by atoms with van der Waals surface area (Å²) >= 11 is 1.36. The van der Waals surface area contributed by atoms with Crippen LogP contribution in [0, 0.1) is 0 Å². The van der Waals surface area contributed by atoms with Gasteiger partial charge >= 0.3 is 5.97 Å². The lowest BCUT2D eigenvalue weighted by atomic mass is 10.1. The summed E-state index contributed by atoms with van der Waals surface area (Å²) in [6, 6.07) is 14.6. The fourth-order valence-corrected chi connectivity index (χ4v) is 3.24. The topological polar surface area (TPSA) is 60.7 Å². The minimum absolute atomic E-state index is 0.0324. The average Bonchev–Trinajstić information content (AvgIpc) is 3.08. The zero-order chi connectivity index (χ0) is 16.5. The summed E-state index contributed by atoms with van der Waals surface area (Å²) in [5, 5.41) is 3.82. The Morgan fingerprint density at radius 3 is 2.83 bits per heavy atom. The third kappa shape index (κ3) is 2.68. The lowest BCUT2D eigenvalue weighted by Gasteiger charge is -2.06. The number of carbonyl (C=O) groups excluding carboxylic acids is 1. The van der Waals surface area contributed by atoms with E-state index in [9.17, 15) is 9.59 Å². The largest absolute Gasteiger partial charge is 0.456 e. The lowest BCUT2D eigenvalue weighted by Crippen LogP contribution is -2.14. The van der Waals surface area contributed by atoms with Crippen LogP contribution in [0.1, 0.15) is 16.1 Å². The van der Waals surface area contributed by atoms with E-state index in [4.69, 9.17) is 4.74 Å². The number of thiazole rings is 1. The summed E-state index contributed by atoms with van der Waals surface area (Å²) in [6.45, 7) is -0.0324. The van der Waals surface area contributed by atoms with Gasteiger partial charge in [0.05, 0.1) is 11.3 Å². The molecule has 0 aliphatic carbocycles. The summed E-state index contributed by atoms with van der Waals surface area (Å²) < 4.78 is 6.76. The molecule has 0 saturated heterocycles. The van der Waals surface area contributed by atoms with E-state index in [0.29, 0.717) is 16.2 Å². The highest BCUT2D eigenvalue weighted by Gasteiger charge is 2.10. The normalized spacial score (nSPS) is 11.0. The van der Waals surface area contributed by atoms with Gasteiger partial charge in [-0.05, 0) is 22.9 Å². The number of ether oxygens (including phenoxy) is 1. The number of carbonyl (C=O) groups is 1. The molecule has 0 fully saturated rings. The summed E-state index contributed by atoms with van der Waals surface area (Å²) in [5.74, 6) is -0.436. The number of hydrogen-bond donors (Lipinski definition) is 0. The first kappa shape index (κ1) is 14.6. The third-order valence-corrected chi connectivity index (χ3v) is 4.45.